The van der Waals surface area contributed by atoms with Crippen molar-refractivity contribution in [2.24, 2.45) is 0 Å². The molecule has 0 heterocycles. The molecule has 11 nitrogen and oxygen atoms in total. The van der Waals surface area contributed by atoms with Crippen molar-refractivity contribution in [1.29, 1.82) is 0 Å². The van der Waals surface area contributed by atoms with Gasteiger partial charge >= 0.3 is 12.1 Å². The lowest BCUT2D eigenvalue weighted by molar-refractivity contribution is -0.137. The number of esters is 1. The summed E-state index contributed by atoms with van der Waals surface area (Å²) in [5.74, 6) is -0.627. The van der Waals surface area contributed by atoms with Crippen molar-refractivity contribution in [2.75, 3.05) is 111 Å². The second kappa shape index (κ2) is 24.9. The minimum absolute atomic E-state index is 0.00153. The highest BCUT2D eigenvalue weighted by Crippen LogP contribution is 2.32. The summed E-state index contributed by atoms with van der Waals surface area (Å²) < 4.78 is 87.1. The quantitative estimate of drug-likeness (QED) is 0.0767. The van der Waals surface area contributed by atoms with E-state index in [0.29, 0.717) is 98.2 Å². The molecule has 0 fully saturated rings. The molecule has 0 spiro atoms. The third-order valence-corrected chi connectivity index (χ3v) is 5.77. The molecule has 0 aliphatic heterocycles. The van der Waals surface area contributed by atoms with E-state index >= 15 is 0 Å². The van der Waals surface area contributed by atoms with Crippen LogP contribution in [0.3, 0.4) is 0 Å². The zero-order valence-corrected chi connectivity index (χ0v) is 25.9. The fourth-order valence-electron chi connectivity index (χ4n) is 3.58. The number of hydrogen-bond donors (Lipinski definition) is 1. The third kappa shape index (κ3) is 18.7. The number of rotatable bonds is 28. The fraction of sp³-hybridized carbons (Fsp3) is 0.531. The molecule has 2 aromatic rings. The molecule has 14 heteroatoms. The van der Waals surface area contributed by atoms with Crippen LogP contribution >= 0.6 is 0 Å². The number of carbonyl (C=O) groups excluding carboxylic acids is 1. The van der Waals surface area contributed by atoms with Crippen molar-refractivity contribution in [2.45, 2.75) is 6.18 Å². The first-order valence-corrected chi connectivity index (χ1v) is 14.9. The van der Waals surface area contributed by atoms with E-state index in [1.165, 1.54) is 24.5 Å². The fourth-order valence-corrected chi connectivity index (χ4v) is 3.58. The van der Waals surface area contributed by atoms with E-state index in [9.17, 15) is 18.0 Å². The Labute approximate surface area is 267 Å². The second-order valence-electron chi connectivity index (χ2n) is 9.21. The van der Waals surface area contributed by atoms with Crippen molar-refractivity contribution in [3.05, 3.63) is 72.5 Å². The molecule has 0 saturated carbocycles. The van der Waals surface area contributed by atoms with E-state index in [1.54, 1.807) is 18.2 Å². The van der Waals surface area contributed by atoms with Crippen molar-refractivity contribution in [3.8, 4) is 0 Å². The van der Waals surface area contributed by atoms with Crippen LogP contribution in [-0.4, -0.2) is 112 Å². The van der Waals surface area contributed by atoms with Crippen LogP contribution in [0.25, 0.3) is 0 Å². The van der Waals surface area contributed by atoms with Gasteiger partial charge in [0.1, 0.15) is 13.2 Å². The maximum Gasteiger partial charge on any atom is 0.416 e. The molecule has 46 heavy (non-hydrogen) atoms. The summed E-state index contributed by atoms with van der Waals surface area (Å²) >= 11 is 0. The lowest BCUT2D eigenvalue weighted by Crippen LogP contribution is -2.15. The molecular weight excluding hydrogens is 615 g/mol. The third-order valence-electron chi connectivity index (χ3n) is 5.77. The van der Waals surface area contributed by atoms with Gasteiger partial charge in [-0.15, -0.1) is 0 Å². The van der Waals surface area contributed by atoms with E-state index in [-0.39, 0.29) is 24.5 Å². The second-order valence-corrected chi connectivity index (χ2v) is 9.21. The molecule has 0 saturated heterocycles. The minimum atomic E-state index is -4.47. The van der Waals surface area contributed by atoms with Gasteiger partial charge in [0.15, 0.2) is 0 Å². The van der Waals surface area contributed by atoms with Crippen LogP contribution in [0.15, 0.2) is 61.4 Å². The van der Waals surface area contributed by atoms with Gasteiger partial charge in [-0.25, -0.2) is 4.79 Å². The maximum absolute atomic E-state index is 13.0. The van der Waals surface area contributed by atoms with E-state index in [4.69, 9.17) is 42.6 Å². The van der Waals surface area contributed by atoms with Gasteiger partial charge in [-0.2, -0.15) is 13.2 Å². The number of benzene rings is 2. The van der Waals surface area contributed by atoms with Crippen LogP contribution in [0.5, 0.6) is 0 Å². The first kappa shape index (κ1) is 38.9. The number of alkyl halides is 3. The van der Waals surface area contributed by atoms with Gasteiger partial charge in [0.25, 0.3) is 0 Å². The van der Waals surface area contributed by atoms with Gasteiger partial charge in [-0.3, -0.25) is 0 Å². The maximum atomic E-state index is 13.0. The Morgan fingerprint density at radius 1 is 0.630 bits per heavy atom. The number of carbonyl (C=O) groups is 1. The smallest absolute Gasteiger partial charge is 0.416 e. The predicted molar refractivity (Wildman–Crippen MR) is 163 cm³/mol. The Morgan fingerprint density at radius 2 is 1.09 bits per heavy atom. The van der Waals surface area contributed by atoms with Gasteiger partial charge in [0.2, 0.25) is 0 Å². The van der Waals surface area contributed by atoms with Gasteiger partial charge in [-0.05, 0) is 30.3 Å². The van der Waals surface area contributed by atoms with Gasteiger partial charge in [-0.1, -0.05) is 24.8 Å². The first-order valence-electron chi connectivity index (χ1n) is 14.9. The van der Waals surface area contributed by atoms with Crippen LogP contribution in [0.4, 0.5) is 24.5 Å². The molecule has 0 radical (unpaired) electrons. The van der Waals surface area contributed by atoms with E-state index in [1.807, 2.05) is 0 Å². The molecule has 2 aromatic carbocycles. The molecule has 0 aliphatic carbocycles. The summed E-state index contributed by atoms with van der Waals surface area (Å²) in [4.78, 5) is 12.5. The summed E-state index contributed by atoms with van der Waals surface area (Å²) in [6.45, 7) is 9.80. The van der Waals surface area contributed by atoms with Crippen LogP contribution in [0.2, 0.25) is 0 Å². The normalized spacial score (nSPS) is 11.4. The van der Waals surface area contributed by atoms with Crippen molar-refractivity contribution >= 4 is 17.3 Å². The number of halogens is 3. The largest absolute Gasteiger partial charge is 0.499 e. The molecular formula is C32H44F3NO10. The molecule has 1 N–H and O–H groups in total. The lowest BCUT2D eigenvalue weighted by atomic mass is 10.1. The zero-order chi connectivity index (χ0) is 33.1. The topological polar surface area (TPSA) is 112 Å². The molecule has 0 unspecified atom stereocenters. The minimum Gasteiger partial charge on any atom is -0.499 e. The van der Waals surface area contributed by atoms with Crippen LogP contribution in [0.1, 0.15) is 15.9 Å². The number of nitrogens with one attached hydrogen (secondary N) is 1. The number of anilines is 2. The summed E-state index contributed by atoms with van der Waals surface area (Å²) in [6.07, 6.45) is -3.10. The molecule has 0 aliphatic rings. The highest BCUT2D eigenvalue weighted by Gasteiger charge is 2.30. The monoisotopic (exact) mass is 659 g/mol. The molecule has 0 amide bonds. The number of para-hydroxylation sites is 1. The van der Waals surface area contributed by atoms with E-state index in [0.717, 1.165) is 12.1 Å². The van der Waals surface area contributed by atoms with Gasteiger partial charge < -0.3 is 47.9 Å². The van der Waals surface area contributed by atoms with Crippen LogP contribution < -0.4 is 5.32 Å². The Hall–Kier alpha value is -3.24. The summed E-state index contributed by atoms with van der Waals surface area (Å²) in [7, 11) is 0. The molecule has 0 atom stereocenters. The summed E-state index contributed by atoms with van der Waals surface area (Å²) in [6, 6.07) is 11.1. The predicted octanol–water partition coefficient (Wildman–Crippen LogP) is 4.88. The van der Waals surface area contributed by atoms with Crippen LogP contribution in [0, 0.1) is 0 Å². The Morgan fingerprint density at radius 3 is 1.57 bits per heavy atom. The lowest BCUT2D eigenvalue weighted by Gasteiger charge is -2.13. The molecule has 0 aromatic heterocycles. The number of ether oxygens (including phenoxy) is 9. The summed E-state index contributed by atoms with van der Waals surface area (Å²) in [5, 5.41) is 2.85. The Kier molecular flexibility index (Phi) is 21.1. The van der Waals surface area contributed by atoms with Gasteiger partial charge in [0.05, 0.1) is 116 Å². The SMILES string of the molecule is C=COCCOCCOCCOCCOCCOCCOCCOCCOC(=O)c1ccccc1Nc1cccc(C(F)(F)F)c1. The van der Waals surface area contributed by atoms with Crippen LogP contribution in [-0.2, 0) is 48.8 Å². The highest BCUT2D eigenvalue weighted by atomic mass is 19.4. The van der Waals surface area contributed by atoms with E-state index in [2.05, 4.69) is 11.9 Å². The average Bonchev–Trinajstić information content (AvgIpc) is 3.04. The standard InChI is InChI=1S/C32H44F3NO10/c1-2-38-10-11-39-12-13-40-14-15-41-16-17-42-18-19-43-20-21-44-22-23-45-24-25-46-31(37)29-8-3-4-9-30(29)36-28-7-5-6-27(26-28)32(33,34)35/h2-9,26,36H,1,10-25H2. The van der Waals surface area contributed by atoms with Crippen molar-refractivity contribution in [1.82, 2.24) is 0 Å². The summed E-state index contributed by atoms with van der Waals surface area (Å²) in [5.41, 5.74) is -0.0851. The molecule has 2 rings (SSSR count). The van der Waals surface area contributed by atoms with E-state index < -0.39 is 17.7 Å². The molecule has 0 bridgehead atoms. The zero-order valence-electron chi connectivity index (χ0n) is 25.9. The number of hydrogen-bond acceptors (Lipinski definition) is 11. The van der Waals surface area contributed by atoms with Crippen molar-refractivity contribution < 1.29 is 60.6 Å². The first-order chi connectivity index (χ1) is 22.4. The average molecular weight is 660 g/mol. The Balaban J connectivity index is 1.38. The van der Waals surface area contributed by atoms with Gasteiger partial charge in [0, 0.05) is 5.69 Å². The van der Waals surface area contributed by atoms with Crippen molar-refractivity contribution in [3.63, 3.8) is 0 Å². The highest BCUT2D eigenvalue weighted by molar-refractivity contribution is 5.96. The Bertz CT molecular complexity index is 1090. The molecule has 258 valence electrons.